The first kappa shape index (κ1) is 6.07. The molecule has 1 aromatic rings. The summed E-state index contributed by atoms with van der Waals surface area (Å²) in [6, 6.07) is 1.87. The molecule has 0 saturated carbocycles. The van der Waals surface area contributed by atoms with E-state index >= 15 is 0 Å². The number of thiophene rings is 1. The van der Waals surface area contributed by atoms with Crippen LogP contribution in [0.25, 0.3) is 0 Å². The first-order valence-corrected chi connectivity index (χ1v) is 3.93. The molecule has 52 valence electrons. The topological polar surface area (TPSA) is 26.3 Å². The van der Waals surface area contributed by atoms with Gasteiger partial charge in [-0.1, -0.05) is 0 Å². The van der Waals surface area contributed by atoms with Gasteiger partial charge in [0.25, 0.3) is 0 Å². The van der Waals surface area contributed by atoms with Crippen LogP contribution in [0, 0.1) is 0 Å². The number of hydrogen-bond acceptors (Lipinski definition) is 3. The normalized spacial score (nSPS) is 17.0. The van der Waals surface area contributed by atoms with E-state index in [9.17, 15) is 4.79 Å². The van der Waals surface area contributed by atoms with Crippen LogP contribution in [-0.4, -0.2) is 12.4 Å². The molecular formula is C7H6O2S. The Hall–Kier alpha value is -0.670. The third-order valence-electron chi connectivity index (χ3n) is 1.51. The number of fused-ring (bicyclic) bond motifs is 1. The van der Waals surface area contributed by atoms with Gasteiger partial charge in [-0.25, -0.2) is 0 Å². The molecular weight excluding hydrogens is 148 g/mol. The van der Waals surface area contributed by atoms with Gasteiger partial charge in [-0.2, -0.15) is 0 Å². The predicted octanol–water partition coefficient (Wildman–Crippen LogP) is 1.46. The summed E-state index contributed by atoms with van der Waals surface area (Å²) in [5.41, 5.74) is 0.858. The Balaban J connectivity index is 2.50. The van der Waals surface area contributed by atoms with Crippen molar-refractivity contribution in [2.24, 2.45) is 0 Å². The molecule has 10 heavy (non-hydrogen) atoms. The summed E-state index contributed by atoms with van der Waals surface area (Å²) >= 11 is 1.58. The van der Waals surface area contributed by atoms with Crippen molar-refractivity contribution < 1.29 is 9.53 Å². The summed E-state index contributed by atoms with van der Waals surface area (Å²) in [4.78, 5) is 12.1. The van der Waals surface area contributed by atoms with E-state index in [0.29, 0.717) is 6.61 Å². The molecule has 1 aromatic heterocycles. The molecule has 0 atom stereocenters. The Labute approximate surface area is 62.4 Å². The Morgan fingerprint density at radius 3 is 3.20 bits per heavy atom. The molecule has 0 spiro atoms. The third-order valence-corrected chi connectivity index (χ3v) is 2.41. The number of hydrogen-bond donors (Lipinski definition) is 0. The summed E-state index contributed by atoms with van der Waals surface area (Å²) in [5.74, 6) is 0.113. The Morgan fingerprint density at radius 1 is 1.50 bits per heavy atom. The van der Waals surface area contributed by atoms with Crippen LogP contribution in [0.1, 0.15) is 15.2 Å². The molecule has 1 aliphatic heterocycles. The maximum absolute atomic E-state index is 11.0. The quantitative estimate of drug-likeness (QED) is 0.565. The minimum Gasteiger partial charge on any atom is -0.368 e. The van der Waals surface area contributed by atoms with Crippen molar-refractivity contribution in [2.45, 2.75) is 6.61 Å². The van der Waals surface area contributed by atoms with E-state index in [4.69, 9.17) is 4.74 Å². The van der Waals surface area contributed by atoms with Gasteiger partial charge in [0.15, 0.2) is 5.78 Å². The standard InChI is InChI=1S/C7H6O2S/c8-6-3-9-4-7-5(6)1-2-10-7/h1-2H,3-4H2. The van der Waals surface area contributed by atoms with Gasteiger partial charge in [0, 0.05) is 10.4 Å². The second-order valence-electron chi connectivity index (χ2n) is 2.17. The summed E-state index contributed by atoms with van der Waals surface area (Å²) in [6.45, 7) is 0.864. The lowest BCUT2D eigenvalue weighted by Gasteiger charge is -2.09. The highest BCUT2D eigenvalue weighted by Gasteiger charge is 2.17. The van der Waals surface area contributed by atoms with Gasteiger partial charge < -0.3 is 4.74 Å². The van der Waals surface area contributed by atoms with Gasteiger partial charge in [-0.05, 0) is 11.4 Å². The largest absolute Gasteiger partial charge is 0.368 e. The van der Waals surface area contributed by atoms with Crippen LogP contribution in [0.2, 0.25) is 0 Å². The van der Waals surface area contributed by atoms with Crippen LogP contribution in [0.3, 0.4) is 0 Å². The van der Waals surface area contributed by atoms with Crippen LogP contribution in [0.15, 0.2) is 11.4 Å². The lowest BCUT2D eigenvalue weighted by molar-refractivity contribution is 0.0675. The molecule has 0 bridgehead atoms. The minimum absolute atomic E-state index is 0.113. The van der Waals surface area contributed by atoms with Crippen molar-refractivity contribution in [3.05, 3.63) is 21.9 Å². The van der Waals surface area contributed by atoms with E-state index in [1.807, 2.05) is 11.4 Å². The Kier molecular flexibility index (Phi) is 1.32. The zero-order chi connectivity index (χ0) is 6.97. The molecule has 0 radical (unpaired) electrons. The van der Waals surface area contributed by atoms with E-state index < -0.39 is 0 Å². The van der Waals surface area contributed by atoms with Crippen LogP contribution < -0.4 is 0 Å². The number of carbonyl (C=O) groups excluding carboxylic acids is 1. The maximum atomic E-state index is 11.0. The second-order valence-corrected chi connectivity index (χ2v) is 3.17. The molecule has 3 heteroatoms. The molecule has 0 unspecified atom stereocenters. The zero-order valence-corrected chi connectivity index (χ0v) is 6.11. The average Bonchev–Trinajstić information content (AvgIpc) is 2.36. The van der Waals surface area contributed by atoms with Crippen LogP contribution in [-0.2, 0) is 11.3 Å². The average molecular weight is 154 g/mol. The molecule has 0 amide bonds. The van der Waals surface area contributed by atoms with Gasteiger partial charge in [-0.15, -0.1) is 11.3 Å². The SMILES string of the molecule is O=C1COCc2sccc21. The fraction of sp³-hybridized carbons (Fsp3) is 0.286. The number of Topliss-reactive ketones (excluding diaryl/α,β-unsaturated/α-hetero) is 1. The fourth-order valence-corrected chi connectivity index (χ4v) is 1.84. The van der Waals surface area contributed by atoms with Crippen molar-refractivity contribution in [2.75, 3.05) is 6.61 Å². The molecule has 2 rings (SSSR count). The highest BCUT2D eigenvalue weighted by molar-refractivity contribution is 7.10. The monoisotopic (exact) mass is 154 g/mol. The van der Waals surface area contributed by atoms with Crippen molar-refractivity contribution in [3.8, 4) is 0 Å². The van der Waals surface area contributed by atoms with E-state index in [-0.39, 0.29) is 12.4 Å². The van der Waals surface area contributed by atoms with E-state index in [1.54, 1.807) is 11.3 Å². The number of carbonyl (C=O) groups is 1. The van der Waals surface area contributed by atoms with Gasteiger partial charge in [0.1, 0.15) is 6.61 Å². The third kappa shape index (κ3) is 0.786. The van der Waals surface area contributed by atoms with Gasteiger partial charge >= 0.3 is 0 Å². The first-order valence-electron chi connectivity index (χ1n) is 3.05. The fourth-order valence-electron chi connectivity index (χ4n) is 1.02. The minimum atomic E-state index is 0.113. The molecule has 0 saturated heterocycles. The number of ether oxygens (including phenoxy) is 1. The number of ketones is 1. The summed E-state index contributed by atoms with van der Waals surface area (Å²) in [6.07, 6.45) is 0. The molecule has 1 aliphatic rings. The highest BCUT2D eigenvalue weighted by atomic mass is 32.1. The first-order chi connectivity index (χ1) is 4.88. The zero-order valence-electron chi connectivity index (χ0n) is 5.29. The van der Waals surface area contributed by atoms with Crippen molar-refractivity contribution in [3.63, 3.8) is 0 Å². The van der Waals surface area contributed by atoms with Crippen LogP contribution in [0.4, 0.5) is 0 Å². The smallest absolute Gasteiger partial charge is 0.189 e. The molecule has 0 N–H and O–H groups in total. The Morgan fingerprint density at radius 2 is 2.40 bits per heavy atom. The van der Waals surface area contributed by atoms with E-state index in [1.165, 1.54) is 0 Å². The molecule has 0 fully saturated rings. The lowest BCUT2D eigenvalue weighted by Crippen LogP contribution is -2.15. The van der Waals surface area contributed by atoms with Gasteiger partial charge in [0.2, 0.25) is 0 Å². The van der Waals surface area contributed by atoms with Crippen LogP contribution in [0.5, 0.6) is 0 Å². The van der Waals surface area contributed by atoms with E-state index in [2.05, 4.69) is 0 Å². The van der Waals surface area contributed by atoms with Crippen LogP contribution >= 0.6 is 11.3 Å². The highest BCUT2D eigenvalue weighted by Crippen LogP contribution is 2.21. The molecule has 0 aromatic carbocycles. The van der Waals surface area contributed by atoms with Crippen molar-refractivity contribution in [1.29, 1.82) is 0 Å². The summed E-state index contributed by atoms with van der Waals surface area (Å²) in [7, 11) is 0. The summed E-state index contributed by atoms with van der Waals surface area (Å²) in [5, 5.41) is 1.93. The summed E-state index contributed by atoms with van der Waals surface area (Å²) < 4.78 is 5.03. The molecule has 2 heterocycles. The van der Waals surface area contributed by atoms with Crippen molar-refractivity contribution in [1.82, 2.24) is 0 Å². The van der Waals surface area contributed by atoms with Crippen molar-refractivity contribution >= 4 is 17.1 Å². The Bertz CT molecular complexity index is 264. The molecule has 0 aliphatic carbocycles. The van der Waals surface area contributed by atoms with Gasteiger partial charge in [-0.3, -0.25) is 4.79 Å². The maximum Gasteiger partial charge on any atom is 0.189 e. The predicted molar refractivity (Wildman–Crippen MR) is 38.3 cm³/mol. The second kappa shape index (κ2) is 2.18. The number of rotatable bonds is 0. The van der Waals surface area contributed by atoms with E-state index in [0.717, 1.165) is 10.4 Å². The van der Waals surface area contributed by atoms with Gasteiger partial charge in [0.05, 0.1) is 6.61 Å². The lowest BCUT2D eigenvalue weighted by atomic mass is 10.1. The molecule has 2 nitrogen and oxygen atoms in total.